The highest BCUT2D eigenvalue weighted by Crippen LogP contribution is 2.48. The third-order valence-corrected chi connectivity index (χ3v) is 6.40. The molecule has 4 unspecified atom stereocenters. The van der Waals surface area contributed by atoms with Crippen molar-refractivity contribution >= 4 is 32.9 Å². The zero-order chi connectivity index (χ0) is 16.8. The van der Waals surface area contributed by atoms with E-state index in [9.17, 15) is 19.9 Å². The van der Waals surface area contributed by atoms with Crippen molar-refractivity contribution in [2.24, 2.45) is 0 Å². The Kier molecular flexibility index (Phi) is 5.44. The Morgan fingerprint density at radius 2 is 2.35 bits per heavy atom. The zero-order valence-corrected chi connectivity index (χ0v) is 15.5. The Labute approximate surface area is 145 Å². The van der Waals surface area contributed by atoms with Gasteiger partial charge in [-0.25, -0.2) is 5.32 Å². The molecule has 3 aliphatic heterocycles. The fraction of sp³-hybridized carbons (Fsp3) is 0.818. The Morgan fingerprint density at radius 1 is 1.61 bits per heavy atom. The zero-order valence-electron chi connectivity index (χ0n) is 12.1. The minimum atomic E-state index is -2.04. The van der Waals surface area contributed by atoms with Crippen LogP contribution in [0, 0.1) is 0 Å². The molecular weight excluding hydrogens is 415 g/mol. The van der Waals surface area contributed by atoms with Crippen molar-refractivity contribution in [2.45, 2.75) is 43.5 Å². The molecule has 9 nitrogen and oxygen atoms in total. The molecule has 0 saturated carbocycles. The molecule has 132 valence electrons. The van der Waals surface area contributed by atoms with Crippen molar-refractivity contribution in [1.29, 1.82) is 0 Å². The summed E-state index contributed by atoms with van der Waals surface area (Å²) in [4.78, 5) is 1.44. The quantitative estimate of drug-likeness (QED) is 0.340. The van der Waals surface area contributed by atoms with Gasteiger partial charge >= 0.3 is 0 Å². The highest BCUT2D eigenvalue weighted by molar-refractivity contribution is 9.45. The van der Waals surface area contributed by atoms with Crippen molar-refractivity contribution in [3.63, 3.8) is 0 Å². The number of hydrogen-bond acceptors (Lipinski definition) is 10. The summed E-state index contributed by atoms with van der Waals surface area (Å²) in [6.45, 7) is 1.84. The van der Waals surface area contributed by atoms with Crippen molar-refractivity contribution in [1.82, 2.24) is 10.2 Å². The number of nitrogens with zero attached hydrogens (tertiary/aromatic N) is 1. The number of fused-ring (bicyclic) bond motifs is 2. The first-order chi connectivity index (χ1) is 10.8. The highest BCUT2D eigenvalue weighted by Gasteiger charge is 2.63. The van der Waals surface area contributed by atoms with Crippen molar-refractivity contribution in [3.05, 3.63) is 11.8 Å². The normalized spacial score (nSPS) is 44.5. The second-order valence-corrected chi connectivity index (χ2v) is 11.9. The van der Waals surface area contributed by atoms with Gasteiger partial charge in [-0.15, -0.1) is 0 Å². The number of aliphatic hydroxyl groups is 3. The average Bonchev–Trinajstić information content (AvgIpc) is 2.93. The highest BCUT2D eigenvalue weighted by atomic mass is 79.9. The summed E-state index contributed by atoms with van der Waals surface area (Å²) in [5.41, 5.74) is -2.52. The van der Waals surface area contributed by atoms with Gasteiger partial charge < -0.3 is 38.4 Å². The molecule has 3 heterocycles. The van der Waals surface area contributed by atoms with Crippen molar-refractivity contribution in [3.8, 4) is 0 Å². The summed E-state index contributed by atoms with van der Waals surface area (Å²) in [7, 11) is 0. The molecule has 0 radical (unpaired) electrons. The van der Waals surface area contributed by atoms with Crippen LogP contribution in [0.25, 0.3) is 0 Å². The Hall–Kier alpha value is 0.320. The minimum Gasteiger partial charge on any atom is -0.387 e. The fourth-order valence-electron chi connectivity index (χ4n) is 2.88. The van der Waals surface area contributed by atoms with Gasteiger partial charge in [0.2, 0.25) is 5.71 Å². The Morgan fingerprint density at radius 3 is 3.04 bits per heavy atom. The van der Waals surface area contributed by atoms with Crippen LogP contribution < -0.4 is 5.32 Å². The molecule has 7 atom stereocenters. The predicted molar refractivity (Wildman–Crippen MR) is 85.6 cm³/mol. The fourth-order valence-corrected chi connectivity index (χ4v) is 4.52. The SMILES string of the molecule is CC1=CN([C@@H]2OC3(COS[PH](=O)Br)CO[C@H]2C3O)[C@H](O)NC1O. The monoisotopic (exact) mass is 432 g/mol. The van der Waals surface area contributed by atoms with E-state index >= 15 is 0 Å². The topological polar surface area (TPSA) is 121 Å². The van der Waals surface area contributed by atoms with Gasteiger partial charge in [0, 0.05) is 6.20 Å². The standard InChI is InChI=1S/C11H18BrN2O7PS/c1-5-2-14(10(17)13-8(5)16)9-6-7(15)11(21-9,3-19-6)4-20-23-22(12)18/h2,6-10,13,15-17,22H,3-4H2,1H3/t6-,7?,8?,9+,10+,11?/m0/s1. The number of nitrogens with one attached hydrogen (secondary N) is 1. The average molecular weight is 433 g/mol. The van der Waals surface area contributed by atoms with E-state index in [0.717, 1.165) is 11.7 Å². The number of halogens is 1. The van der Waals surface area contributed by atoms with Crippen LogP contribution in [-0.4, -0.2) is 70.0 Å². The number of aliphatic hydroxyl groups excluding tert-OH is 3. The first kappa shape index (κ1) is 18.1. The second kappa shape index (κ2) is 6.91. The largest absolute Gasteiger partial charge is 0.387 e. The van der Waals surface area contributed by atoms with Crippen LogP contribution in [0.5, 0.6) is 0 Å². The van der Waals surface area contributed by atoms with Gasteiger partial charge in [-0.3, -0.25) is 0 Å². The first-order valence-electron chi connectivity index (χ1n) is 6.88. The molecule has 0 amide bonds. The van der Waals surface area contributed by atoms with E-state index in [2.05, 4.69) is 20.8 Å². The van der Waals surface area contributed by atoms with Gasteiger partial charge in [-0.2, -0.15) is 0 Å². The summed E-state index contributed by atoms with van der Waals surface area (Å²) in [5, 5.41) is 32.8. The molecular formula is C11H18BrN2O7PS. The van der Waals surface area contributed by atoms with Crippen molar-refractivity contribution < 1.29 is 33.5 Å². The van der Waals surface area contributed by atoms with E-state index in [0.29, 0.717) is 5.57 Å². The van der Waals surface area contributed by atoms with Gasteiger partial charge in [0.1, 0.15) is 24.0 Å². The molecule has 2 fully saturated rings. The summed E-state index contributed by atoms with van der Waals surface area (Å²) >= 11 is 3.70. The molecule has 3 rings (SSSR count). The van der Waals surface area contributed by atoms with E-state index in [1.54, 1.807) is 13.1 Å². The number of hydrogen-bond donors (Lipinski definition) is 4. The second-order valence-electron chi connectivity index (χ2n) is 5.64. The summed E-state index contributed by atoms with van der Waals surface area (Å²) in [6, 6.07) is 0. The number of rotatable bonds is 5. The van der Waals surface area contributed by atoms with Crippen LogP contribution in [-0.2, 0) is 18.2 Å². The summed E-state index contributed by atoms with van der Waals surface area (Å²) in [6.07, 6.45) is -2.92. The molecule has 3 aliphatic rings. The van der Waals surface area contributed by atoms with E-state index in [4.69, 9.17) is 13.7 Å². The molecule has 23 heavy (non-hydrogen) atoms. The maximum Gasteiger partial charge on any atom is 0.214 e. The molecule has 12 heteroatoms. The molecule has 0 spiro atoms. The lowest BCUT2D eigenvalue weighted by molar-refractivity contribution is -0.225. The molecule has 0 aliphatic carbocycles. The van der Waals surface area contributed by atoms with E-state index in [-0.39, 0.29) is 13.2 Å². The van der Waals surface area contributed by atoms with E-state index in [1.165, 1.54) is 4.90 Å². The van der Waals surface area contributed by atoms with Gasteiger partial charge in [0.15, 0.2) is 12.6 Å². The molecule has 4 N–H and O–H groups in total. The third kappa shape index (κ3) is 3.37. The van der Waals surface area contributed by atoms with Gasteiger partial charge in [-0.1, -0.05) is 0 Å². The molecule has 0 aromatic heterocycles. The Balaban J connectivity index is 1.73. The summed E-state index contributed by atoms with van der Waals surface area (Å²) in [5.74, 6) is 0. The first-order valence-corrected chi connectivity index (χ1v) is 12.0. The molecule has 2 saturated heterocycles. The van der Waals surface area contributed by atoms with Gasteiger partial charge in [-0.05, 0) is 28.0 Å². The minimum absolute atomic E-state index is 0.00345. The maximum absolute atomic E-state index is 11.0. The lowest BCUT2D eigenvalue weighted by Crippen LogP contribution is -2.59. The van der Waals surface area contributed by atoms with E-state index < -0.39 is 42.3 Å². The van der Waals surface area contributed by atoms with Crippen LogP contribution in [0.3, 0.4) is 0 Å². The van der Waals surface area contributed by atoms with E-state index in [1.807, 2.05) is 0 Å². The van der Waals surface area contributed by atoms with Crippen LogP contribution in [0.4, 0.5) is 0 Å². The smallest absolute Gasteiger partial charge is 0.214 e. The molecule has 2 bridgehead atoms. The number of ether oxygens (including phenoxy) is 2. The summed E-state index contributed by atoms with van der Waals surface area (Å²) < 4.78 is 27.8. The van der Waals surface area contributed by atoms with Crippen LogP contribution >= 0.6 is 32.9 Å². The van der Waals surface area contributed by atoms with Crippen LogP contribution in [0.15, 0.2) is 11.8 Å². The Bertz CT molecular complexity index is 529. The van der Waals surface area contributed by atoms with Crippen LogP contribution in [0.1, 0.15) is 6.92 Å². The van der Waals surface area contributed by atoms with Crippen molar-refractivity contribution in [2.75, 3.05) is 13.2 Å². The lowest BCUT2D eigenvalue weighted by atomic mass is 10.0. The van der Waals surface area contributed by atoms with Crippen LogP contribution in [0.2, 0.25) is 0 Å². The maximum atomic E-state index is 11.0. The third-order valence-electron chi connectivity index (χ3n) is 4.10. The predicted octanol–water partition coefficient (Wildman–Crippen LogP) is -0.306. The molecule has 0 aromatic rings. The molecule has 0 aromatic carbocycles. The van der Waals surface area contributed by atoms with Gasteiger partial charge in [0.25, 0.3) is 0 Å². The lowest BCUT2D eigenvalue weighted by Gasteiger charge is -2.41. The van der Waals surface area contributed by atoms with Gasteiger partial charge in [0.05, 0.1) is 24.9 Å².